The molecule has 2 aromatic rings. The fourth-order valence-electron chi connectivity index (χ4n) is 1.31. The Kier molecular flexibility index (Phi) is 3.94. The fraction of sp³-hybridized carbons (Fsp3) is 0.154. The van der Waals surface area contributed by atoms with Gasteiger partial charge in [-0.15, -0.1) is 0 Å². The van der Waals surface area contributed by atoms with Gasteiger partial charge in [0, 0.05) is 4.90 Å². The van der Waals surface area contributed by atoms with Crippen molar-refractivity contribution in [3.05, 3.63) is 47.9 Å². The van der Waals surface area contributed by atoms with E-state index in [1.165, 1.54) is 30.6 Å². The molecular weight excluding hydrogens is 248 g/mol. The molecule has 0 fully saturated rings. The number of nitrogens with zero attached hydrogens (tertiary/aromatic N) is 2. The third-order valence-corrected chi connectivity index (χ3v) is 3.19. The Morgan fingerprint density at radius 3 is 2.44 bits per heavy atom. The van der Waals surface area contributed by atoms with E-state index in [1.54, 1.807) is 6.20 Å². The number of carbonyl (C=O) groups excluding carboxylic acids is 1. The third-order valence-electron chi connectivity index (χ3n) is 2.27. The van der Waals surface area contributed by atoms with Crippen molar-refractivity contribution in [3.8, 4) is 0 Å². The summed E-state index contributed by atoms with van der Waals surface area (Å²) in [5.74, 6) is -0.477. The number of ether oxygens (including phenoxy) is 1. The standard InChI is InChI=1S/C13H12N2O2S/c1-9-3-5-10(6-4-9)18-12-8-14-11(7-15-12)13(16)17-2/h3-8H,1-2H3. The van der Waals surface area contributed by atoms with Crippen LogP contribution in [-0.2, 0) is 4.74 Å². The first-order chi connectivity index (χ1) is 8.69. The quantitative estimate of drug-likeness (QED) is 0.794. The van der Waals surface area contributed by atoms with Crippen molar-refractivity contribution >= 4 is 17.7 Å². The Hall–Kier alpha value is -1.88. The lowest BCUT2D eigenvalue weighted by Gasteiger charge is -2.02. The normalized spacial score (nSPS) is 10.1. The summed E-state index contributed by atoms with van der Waals surface area (Å²) in [6.07, 6.45) is 2.99. The summed E-state index contributed by atoms with van der Waals surface area (Å²) in [7, 11) is 1.32. The molecule has 1 aromatic carbocycles. The summed E-state index contributed by atoms with van der Waals surface area (Å²) in [5.41, 5.74) is 1.43. The molecule has 0 N–H and O–H groups in total. The first-order valence-electron chi connectivity index (χ1n) is 5.34. The number of methoxy groups -OCH3 is 1. The van der Waals surface area contributed by atoms with Gasteiger partial charge >= 0.3 is 5.97 Å². The topological polar surface area (TPSA) is 52.1 Å². The average molecular weight is 260 g/mol. The van der Waals surface area contributed by atoms with E-state index in [2.05, 4.69) is 14.7 Å². The lowest BCUT2D eigenvalue weighted by molar-refractivity contribution is 0.0593. The molecule has 0 unspecified atom stereocenters. The Morgan fingerprint density at radius 2 is 1.89 bits per heavy atom. The van der Waals surface area contributed by atoms with Crippen LogP contribution in [0.25, 0.3) is 0 Å². The molecule has 0 spiro atoms. The Bertz CT molecular complexity index is 538. The number of hydrogen-bond donors (Lipinski definition) is 0. The molecule has 0 saturated carbocycles. The van der Waals surface area contributed by atoms with Crippen LogP contribution >= 0.6 is 11.8 Å². The van der Waals surface area contributed by atoms with E-state index in [4.69, 9.17) is 0 Å². The zero-order chi connectivity index (χ0) is 13.0. The van der Waals surface area contributed by atoms with Crippen LogP contribution < -0.4 is 0 Å². The van der Waals surface area contributed by atoms with Gasteiger partial charge in [-0.05, 0) is 19.1 Å². The van der Waals surface area contributed by atoms with Gasteiger partial charge < -0.3 is 4.74 Å². The van der Waals surface area contributed by atoms with Crippen LogP contribution in [0.15, 0.2) is 46.6 Å². The molecular formula is C13H12N2O2S. The minimum atomic E-state index is -0.477. The maximum absolute atomic E-state index is 11.2. The Balaban J connectivity index is 2.10. The van der Waals surface area contributed by atoms with E-state index in [-0.39, 0.29) is 5.69 Å². The number of aryl methyl sites for hydroxylation is 1. The highest BCUT2D eigenvalue weighted by Crippen LogP contribution is 2.25. The van der Waals surface area contributed by atoms with Gasteiger partial charge in [-0.1, -0.05) is 29.5 Å². The predicted molar refractivity (Wildman–Crippen MR) is 68.7 cm³/mol. The van der Waals surface area contributed by atoms with E-state index in [0.29, 0.717) is 0 Å². The largest absolute Gasteiger partial charge is 0.464 e. The number of benzene rings is 1. The van der Waals surface area contributed by atoms with E-state index in [9.17, 15) is 4.79 Å². The van der Waals surface area contributed by atoms with Crippen molar-refractivity contribution < 1.29 is 9.53 Å². The summed E-state index contributed by atoms with van der Waals surface area (Å²) in [6, 6.07) is 8.13. The molecule has 18 heavy (non-hydrogen) atoms. The average Bonchev–Trinajstić information content (AvgIpc) is 2.41. The summed E-state index contributed by atoms with van der Waals surface area (Å²) >= 11 is 1.50. The second-order valence-corrected chi connectivity index (χ2v) is 4.74. The van der Waals surface area contributed by atoms with Crippen molar-refractivity contribution in [2.75, 3.05) is 7.11 Å². The van der Waals surface area contributed by atoms with Gasteiger partial charge in [0.05, 0.1) is 19.5 Å². The summed E-state index contributed by atoms with van der Waals surface area (Å²) in [5, 5.41) is 0.742. The van der Waals surface area contributed by atoms with Crippen LogP contribution in [0.1, 0.15) is 16.1 Å². The summed E-state index contributed by atoms with van der Waals surface area (Å²) in [6.45, 7) is 2.04. The van der Waals surface area contributed by atoms with Crippen molar-refractivity contribution in [1.29, 1.82) is 0 Å². The fourth-order valence-corrected chi connectivity index (χ4v) is 2.03. The van der Waals surface area contributed by atoms with Gasteiger partial charge in [-0.25, -0.2) is 14.8 Å². The maximum Gasteiger partial charge on any atom is 0.358 e. The molecule has 0 aliphatic carbocycles. The molecule has 1 heterocycles. The van der Waals surface area contributed by atoms with Crippen LogP contribution in [0, 0.1) is 6.92 Å². The summed E-state index contributed by atoms with van der Waals surface area (Å²) < 4.78 is 4.56. The van der Waals surface area contributed by atoms with Gasteiger partial charge in [-0.2, -0.15) is 0 Å². The molecule has 4 nitrogen and oxygen atoms in total. The van der Waals surface area contributed by atoms with E-state index in [0.717, 1.165) is 9.92 Å². The molecule has 1 aromatic heterocycles. The highest BCUT2D eigenvalue weighted by atomic mass is 32.2. The van der Waals surface area contributed by atoms with Gasteiger partial charge in [0.2, 0.25) is 0 Å². The first-order valence-corrected chi connectivity index (χ1v) is 6.15. The molecule has 0 aliphatic rings. The second kappa shape index (κ2) is 5.64. The van der Waals surface area contributed by atoms with E-state index in [1.807, 2.05) is 31.2 Å². The SMILES string of the molecule is COC(=O)c1cnc(Sc2ccc(C)cc2)cn1. The lowest BCUT2D eigenvalue weighted by atomic mass is 10.2. The molecule has 0 radical (unpaired) electrons. The molecule has 0 atom stereocenters. The van der Waals surface area contributed by atoms with Crippen molar-refractivity contribution in [3.63, 3.8) is 0 Å². The second-order valence-electron chi connectivity index (χ2n) is 3.65. The van der Waals surface area contributed by atoms with E-state index >= 15 is 0 Å². The van der Waals surface area contributed by atoms with E-state index < -0.39 is 5.97 Å². The maximum atomic E-state index is 11.2. The number of hydrogen-bond acceptors (Lipinski definition) is 5. The minimum Gasteiger partial charge on any atom is -0.464 e. The van der Waals surface area contributed by atoms with Crippen LogP contribution in [-0.4, -0.2) is 23.0 Å². The van der Waals surface area contributed by atoms with Crippen LogP contribution in [0.3, 0.4) is 0 Å². The molecule has 2 rings (SSSR count). The molecule has 0 aliphatic heterocycles. The monoisotopic (exact) mass is 260 g/mol. The van der Waals surface area contributed by atoms with Crippen LogP contribution in [0.4, 0.5) is 0 Å². The van der Waals surface area contributed by atoms with Crippen molar-refractivity contribution in [1.82, 2.24) is 9.97 Å². The zero-order valence-corrected chi connectivity index (χ0v) is 10.9. The van der Waals surface area contributed by atoms with Gasteiger partial charge in [0.25, 0.3) is 0 Å². The number of esters is 1. The molecule has 0 saturated heterocycles. The molecule has 5 heteroatoms. The Morgan fingerprint density at radius 1 is 1.17 bits per heavy atom. The van der Waals surface area contributed by atoms with Crippen molar-refractivity contribution in [2.45, 2.75) is 16.8 Å². The van der Waals surface area contributed by atoms with Gasteiger partial charge in [0.15, 0.2) is 5.69 Å². The first kappa shape index (κ1) is 12.6. The predicted octanol–water partition coefficient (Wildman–Crippen LogP) is 2.72. The summed E-state index contributed by atoms with van der Waals surface area (Å²) in [4.78, 5) is 20.4. The minimum absolute atomic E-state index is 0.214. The smallest absolute Gasteiger partial charge is 0.358 e. The van der Waals surface area contributed by atoms with Crippen molar-refractivity contribution in [2.24, 2.45) is 0 Å². The number of rotatable bonds is 3. The lowest BCUT2D eigenvalue weighted by Crippen LogP contribution is -2.04. The molecule has 92 valence electrons. The van der Waals surface area contributed by atoms with Gasteiger partial charge in [-0.3, -0.25) is 0 Å². The molecule has 0 bridgehead atoms. The third kappa shape index (κ3) is 3.07. The highest BCUT2D eigenvalue weighted by molar-refractivity contribution is 7.99. The van der Waals surface area contributed by atoms with Gasteiger partial charge in [0.1, 0.15) is 5.03 Å². The zero-order valence-electron chi connectivity index (χ0n) is 10.1. The Labute approximate surface area is 109 Å². The number of carbonyl (C=O) groups is 1. The number of aromatic nitrogens is 2. The van der Waals surface area contributed by atoms with Crippen LogP contribution in [0.2, 0.25) is 0 Å². The highest BCUT2D eigenvalue weighted by Gasteiger charge is 2.07. The van der Waals surface area contributed by atoms with Crippen LogP contribution in [0.5, 0.6) is 0 Å². The molecule has 0 amide bonds.